The molecule has 1 atom stereocenters. The van der Waals surface area contributed by atoms with Gasteiger partial charge >= 0.3 is 0 Å². The second-order valence-corrected chi connectivity index (χ2v) is 3.98. The van der Waals surface area contributed by atoms with E-state index in [1.54, 1.807) is 6.20 Å². The quantitative estimate of drug-likeness (QED) is 0.581. The lowest BCUT2D eigenvalue weighted by Gasteiger charge is -2.10. The summed E-state index contributed by atoms with van der Waals surface area (Å²) in [5.74, 6) is 0.894. The molecular weight excluding hydrogens is 192 g/mol. The smallest absolute Gasteiger partial charge is 0.134 e. The van der Waals surface area contributed by atoms with Crippen molar-refractivity contribution in [2.45, 2.75) is 12.3 Å². The molecule has 2 rings (SSSR count). The Hall–Kier alpha value is -1.22. The normalized spacial score (nSPS) is 12.7. The molecule has 0 aliphatic heterocycles. The summed E-state index contributed by atoms with van der Waals surface area (Å²) in [6.45, 7) is 1.98. The fourth-order valence-corrected chi connectivity index (χ4v) is 1.55. The van der Waals surface area contributed by atoms with Gasteiger partial charge < -0.3 is 5.32 Å². The first-order chi connectivity index (χ1) is 6.77. The number of pyridine rings is 1. The van der Waals surface area contributed by atoms with Crippen LogP contribution in [0.3, 0.4) is 0 Å². The highest BCUT2D eigenvalue weighted by atomic mass is 32.1. The van der Waals surface area contributed by atoms with Crippen LogP contribution < -0.4 is 5.32 Å². The molecule has 14 heavy (non-hydrogen) atoms. The zero-order valence-corrected chi connectivity index (χ0v) is 8.83. The predicted molar refractivity (Wildman–Crippen MR) is 63.8 cm³/mol. The van der Waals surface area contributed by atoms with Crippen LogP contribution in [-0.4, -0.2) is 10.4 Å². The van der Waals surface area contributed by atoms with Crippen LogP contribution in [0.15, 0.2) is 36.5 Å². The van der Waals surface area contributed by atoms with E-state index in [1.165, 1.54) is 5.39 Å². The molecule has 3 heteroatoms. The fourth-order valence-electron chi connectivity index (χ4n) is 1.43. The lowest BCUT2D eigenvalue weighted by molar-refractivity contribution is 1.11. The van der Waals surface area contributed by atoms with Crippen molar-refractivity contribution < 1.29 is 0 Å². The molecule has 72 valence electrons. The number of nitrogens with zero attached hydrogens (tertiary/aromatic N) is 1. The Kier molecular flexibility index (Phi) is 2.59. The van der Waals surface area contributed by atoms with Crippen LogP contribution in [0.1, 0.15) is 6.92 Å². The van der Waals surface area contributed by atoms with E-state index in [4.69, 9.17) is 0 Å². The molecule has 1 N–H and O–H groups in total. The molecule has 0 spiro atoms. The van der Waals surface area contributed by atoms with Gasteiger partial charge in [-0.25, -0.2) is 4.98 Å². The van der Waals surface area contributed by atoms with Crippen molar-refractivity contribution in [3.8, 4) is 0 Å². The SMILES string of the molecule is CC(S)Nc1nccc2ccccc12. The number of nitrogens with one attached hydrogen (secondary N) is 1. The summed E-state index contributed by atoms with van der Waals surface area (Å²) in [4.78, 5) is 4.29. The van der Waals surface area contributed by atoms with Crippen LogP contribution >= 0.6 is 12.6 Å². The number of anilines is 1. The number of hydrogen-bond acceptors (Lipinski definition) is 3. The van der Waals surface area contributed by atoms with E-state index in [2.05, 4.69) is 35.1 Å². The van der Waals surface area contributed by atoms with Crippen molar-refractivity contribution in [2.24, 2.45) is 0 Å². The first-order valence-corrected chi connectivity index (χ1v) is 5.07. The van der Waals surface area contributed by atoms with E-state index in [9.17, 15) is 0 Å². The van der Waals surface area contributed by atoms with Gasteiger partial charge in [-0.3, -0.25) is 0 Å². The zero-order chi connectivity index (χ0) is 9.97. The van der Waals surface area contributed by atoms with Crippen molar-refractivity contribution in [3.05, 3.63) is 36.5 Å². The Bertz CT molecular complexity index is 435. The monoisotopic (exact) mass is 204 g/mol. The van der Waals surface area contributed by atoms with E-state index in [-0.39, 0.29) is 5.37 Å². The molecule has 0 amide bonds. The third kappa shape index (κ3) is 1.82. The average molecular weight is 204 g/mol. The molecular formula is C11H12N2S. The van der Waals surface area contributed by atoms with Crippen molar-refractivity contribution in [2.75, 3.05) is 5.32 Å². The molecule has 0 fully saturated rings. The molecule has 1 aromatic carbocycles. The van der Waals surface area contributed by atoms with E-state index >= 15 is 0 Å². The largest absolute Gasteiger partial charge is 0.358 e. The van der Waals surface area contributed by atoms with E-state index in [0.717, 1.165) is 11.2 Å². The Labute approximate surface area is 88.8 Å². The Balaban J connectivity index is 2.53. The summed E-state index contributed by atoms with van der Waals surface area (Å²) >= 11 is 4.28. The van der Waals surface area contributed by atoms with Gasteiger partial charge in [0.2, 0.25) is 0 Å². The van der Waals surface area contributed by atoms with Gasteiger partial charge in [0.1, 0.15) is 5.82 Å². The van der Waals surface area contributed by atoms with Crippen molar-refractivity contribution in [1.82, 2.24) is 4.98 Å². The summed E-state index contributed by atoms with van der Waals surface area (Å²) in [5, 5.41) is 5.63. The lowest BCUT2D eigenvalue weighted by atomic mass is 10.1. The number of thiol groups is 1. The van der Waals surface area contributed by atoms with Gasteiger partial charge in [0, 0.05) is 11.6 Å². The van der Waals surface area contributed by atoms with E-state index < -0.39 is 0 Å². The third-order valence-corrected chi connectivity index (χ3v) is 2.15. The Morgan fingerprint density at radius 1 is 1.29 bits per heavy atom. The van der Waals surface area contributed by atoms with Gasteiger partial charge in [0.25, 0.3) is 0 Å². The maximum Gasteiger partial charge on any atom is 0.134 e. The average Bonchev–Trinajstić information content (AvgIpc) is 2.18. The van der Waals surface area contributed by atoms with Gasteiger partial charge in [-0.15, -0.1) is 0 Å². The maximum atomic E-state index is 4.29. The summed E-state index contributed by atoms with van der Waals surface area (Å²) in [5.41, 5.74) is 0. The number of hydrogen-bond donors (Lipinski definition) is 2. The maximum absolute atomic E-state index is 4.29. The van der Waals surface area contributed by atoms with E-state index in [1.807, 2.05) is 25.1 Å². The topological polar surface area (TPSA) is 24.9 Å². The van der Waals surface area contributed by atoms with Crippen LogP contribution in [0.5, 0.6) is 0 Å². The minimum atomic E-state index is 0.105. The molecule has 2 nitrogen and oxygen atoms in total. The molecule has 0 saturated heterocycles. The molecule has 0 aliphatic rings. The minimum Gasteiger partial charge on any atom is -0.358 e. The molecule has 0 aliphatic carbocycles. The Morgan fingerprint density at radius 2 is 2.07 bits per heavy atom. The first-order valence-electron chi connectivity index (χ1n) is 4.56. The zero-order valence-electron chi connectivity index (χ0n) is 7.94. The molecule has 1 heterocycles. The molecule has 0 radical (unpaired) electrons. The van der Waals surface area contributed by atoms with Crippen molar-refractivity contribution in [3.63, 3.8) is 0 Å². The fraction of sp³-hybridized carbons (Fsp3) is 0.182. The second kappa shape index (κ2) is 3.88. The van der Waals surface area contributed by atoms with Crippen LogP contribution in [0, 0.1) is 0 Å². The molecule has 1 aromatic heterocycles. The first kappa shape index (κ1) is 9.34. The van der Waals surface area contributed by atoms with Crippen LogP contribution in [-0.2, 0) is 0 Å². The van der Waals surface area contributed by atoms with Crippen LogP contribution in [0.4, 0.5) is 5.82 Å². The predicted octanol–water partition coefficient (Wildman–Crippen LogP) is 2.92. The van der Waals surface area contributed by atoms with Crippen molar-refractivity contribution in [1.29, 1.82) is 0 Å². The van der Waals surface area contributed by atoms with Crippen LogP contribution in [0.25, 0.3) is 10.8 Å². The number of fused-ring (bicyclic) bond motifs is 1. The highest BCUT2D eigenvalue weighted by molar-refractivity contribution is 7.81. The standard InChI is InChI=1S/C11H12N2S/c1-8(14)13-11-10-5-3-2-4-9(10)6-7-12-11/h2-8,14H,1H3,(H,12,13). The molecule has 2 aromatic rings. The highest BCUT2D eigenvalue weighted by Crippen LogP contribution is 2.21. The summed E-state index contributed by atoms with van der Waals surface area (Å²) < 4.78 is 0. The van der Waals surface area contributed by atoms with Crippen molar-refractivity contribution >= 4 is 29.2 Å². The van der Waals surface area contributed by atoms with Gasteiger partial charge in [-0.1, -0.05) is 24.3 Å². The summed E-state index contributed by atoms with van der Waals surface area (Å²) in [6.07, 6.45) is 1.81. The van der Waals surface area contributed by atoms with Gasteiger partial charge in [-0.05, 0) is 18.4 Å². The molecule has 0 bridgehead atoms. The van der Waals surface area contributed by atoms with Gasteiger partial charge in [0.05, 0.1) is 5.37 Å². The lowest BCUT2D eigenvalue weighted by Crippen LogP contribution is -2.08. The summed E-state index contributed by atoms with van der Waals surface area (Å²) in [6, 6.07) is 10.2. The highest BCUT2D eigenvalue weighted by Gasteiger charge is 2.01. The van der Waals surface area contributed by atoms with Crippen LogP contribution in [0.2, 0.25) is 0 Å². The van der Waals surface area contributed by atoms with Gasteiger partial charge in [0.15, 0.2) is 0 Å². The van der Waals surface area contributed by atoms with Gasteiger partial charge in [-0.2, -0.15) is 12.6 Å². The number of aromatic nitrogens is 1. The summed E-state index contributed by atoms with van der Waals surface area (Å²) in [7, 11) is 0. The van der Waals surface area contributed by atoms with E-state index in [0.29, 0.717) is 0 Å². The molecule has 0 saturated carbocycles. The number of benzene rings is 1. The third-order valence-electron chi connectivity index (χ3n) is 2.02. The Morgan fingerprint density at radius 3 is 2.86 bits per heavy atom. The second-order valence-electron chi connectivity index (χ2n) is 3.20. The number of rotatable bonds is 2. The molecule has 1 unspecified atom stereocenters. The minimum absolute atomic E-state index is 0.105.